The second kappa shape index (κ2) is 7.77. The lowest BCUT2D eigenvalue weighted by atomic mass is 9.83. The molecule has 2 aromatic carbocycles. The van der Waals surface area contributed by atoms with Crippen LogP contribution in [0.2, 0.25) is 0 Å². The number of nitrogens with zero attached hydrogens (tertiary/aromatic N) is 1. The van der Waals surface area contributed by atoms with Crippen LogP contribution < -0.4 is 9.47 Å². The first-order valence-electron chi connectivity index (χ1n) is 9.18. The van der Waals surface area contributed by atoms with Crippen LogP contribution in [-0.4, -0.2) is 17.8 Å². The van der Waals surface area contributed by atoms with Crippen LogP contribution >= 0.6 is 0 Å². The van der Waals surface area contributed by atoms with E-state index < -0.39 is 6.04 Å². The van der Waals surface area contributed by atoms with Gasteiger partial charge in [0.05, 0.1) is 5.92 Å². The average molecular weight is 355 g/mol. The molecule has 0 spiro atoms. The Bertz CT molecular complexity index is 772. The number of fused-ring (bicyclic) bond motifs is 1. The summed E-state index contributed by atoms with van der Waals surface area (Å²) in [6.07, 6.45) is 1.52. The summed E-state index contributed by atoms with van der Waals surface area (Å²) >= 11 is 0. The van der Waals surface area contributed by atoms with Gasteiger partial charge in [-0.2, -0.15) is 0 Å². The van der Waals surface area contributed by atoms with Crippen LogP contribution in [0, 0.1) is 10.1 Å². The van der Waals surface area contributed by atoms with Crippen LogP contribution in [0.5, 0.6) is 11.5 Å². The highest BCUT2D eigenvalue weighted by molar-refractivity contribution is 5.48. The van der Waals surface area contributed by atoms with Crippen molar-refractivity contribution in [3.63, 3.8) is 0 Å². The van der Waals surface area contributed by atoms with E-state index >= 15 is 0 Å². The van der Waals surface area contributed by atoms with Crippen molar-refractivity contribution in [3.8, 4) is 11.5 Å². The molecule has 26 heavy (non-hydrogen) atoms. The number of benzene rings is 2. The van der Waals surface area contributed by atoms with Gasteiger partial charge in [0, 0.05) is 11.3 Å². The summed E-state index contributed by atoms with van der Waals surface area (Å²) in [6.45, 7) is 6.41. The van der Waals surface area contributed by atoms with E-state index in [0.29, 0.717) is 23.8 Å². The molecule has 3 atom stereocenters. The molecule has 3 rings (SSSR count). The molecular weight excluding hydrogens is 330 g/mol. The predicted molar refractivity (Wildman–Crippen MR) is 101 cm³/mol. The molecule has 0 aromatic heterocycles. The van der Waals surface area contributed by atoms with Crippen molar-refractivity contribution < 1.29 is 14.4 Å². The number of hydrogen-bond acceptors (Lipinski definition) is 4. The average Bonchev–Trinajstić information content (AvgIpc) is 3.13. The molecule has 1 aliphatic heterocycles. The SMILES string of the molecule is CCC(C)c1ccc(C(c2ccc3c(c2)OCO3)C(CC)[N+](=O)[O-])cc1. The molecule has 0 N–H and O–H groups in total. The molecule has 5 heteroatoms. The maximum Gasteiger partial charge on any atom is 0.231 e. The number of nitro groups is 1. The largest absolute Gasteiger partial charge is 0.454 e. The standard InChI is InChI=1S/C21H25NO4/c1-4-14(3)15-6-8-16(9-7-15)21(18(5-2)22(23)24)17-10-11-19-20(12-17)26-13-25-19/h6-12,14,18,21H,4-5,13H2,1-3H3. The van der Waals surface area contributed by atoms with Gasteiger partial charge in [0.25, 0.3) is 0 Å². The molecule has 0 aliphatic carbocycles. The fraction of sp³-hybridized carbons (Fsp3) is 0.429. The predicted octanol–water partition coefficient (Wildman–Crippen LogP) is 5.12. The number of ether oxygens (including phenoxy) is 2. The Morgan fingerprint density at radius 1 is 0.962 bits per heavy atom. The van der Waals surface area contributed by atoms with Gasteiger partial charge in [-0.25, -0.2) is 0 Å². The second-order valence-electron chi connectivity index (χ2n) is 6.83. The number of hydrogen-bond donors (Lipinski definition) is 0. The minimum atomic E-state index is -0.690. The summed E-state index contributed by atoms with van der Waals surface area (Å²) in [6, 6.07) is 13.2. The lowest BCUT2D eigenvalue weighted by Crippen LogP contribution is -2.27. The zero-order valence-corrected chi connectivity index (χ0v) is 15.5. The quantitative estimate of drug-likeness (QED) is 0.511. The van der Waals surface area contributed by atoms with Gasteiger partial charge in [0.1, 0.15) is 0 Å². The van der Waals surface area contributed by atoms with Crippen LogP contribution in [0.25, 0.3) is 0 Å². The van der Waals surface area contributed by atoms with E-state index in [1.54, 1.807) is 0 Å². The molecule has 0 bridgehead atoms. The molecule has 0 saturated heterocycles. The van der Waals surface area contributed by atoms with Gasteiger partial charge < -0.3 is 9.47 Å². The fourth-order valence-corrected chi connectivity index (χ4v) is 3.52. The van der Waals surface area contributed by atoms with Gasteiger partial charge in [-0.15, -0.1) is 0 Å². The van der Waals surface area contributed by atoms with Crippen LogP contribution in [0.15, 0.2) is 42.5 Å². The first-order chi connectivity index (χ1) is 12.5. The maximum absolute atomic E-state index is 11.7. The van der Waals surface area contributed by atoms with E-state index in [-0.39, 0.29) is 17.6 Å². The summed E-state index contributed by atoms with van der Waals surface area (Å²) < 4.78 is 10.8. The monoisotopic (exact) mass is 355 g/mol. The van der Waals surface area contributed by atoms with Crippen LogP contribution in [0.4, 0.5) is 0 Å². The van der Waals surface area contributed by atoms with Crippen molar-refractivity contribution >= 4 is 0 Å². The van der Waals surface area contributed by atoms with Crippen molar-refractivity contribution in [1.82, 2.24) is 0 Å². The summed E-state index contributed by atoms with van der Waals surface area (Å²) in [7, 11) is 0. The van der Waals surface area contributed by atoms with E-state index in [4.69, 9.17) is 9.47 Å². The molecule has 0 saturated carbocycles. The second-order valence-corrected chi connectivity index (χ2v) is 6.83. The van der Waals surface area contributed by atoms with Crippen molar-refractivity contribution in [3.05, 3.63) is 69.3 Å². The van der Waals surface area contributed by atoms with Crippen LogP contribution in [0.3, 0.4) is 0 Å². The summed E-state index contributed by atoms with van der Waals surface area (Å²) in [4.78, 5) is 11.6. The number of rotatable bonds is 7. The van der Waals surface area contributed by atoms with E-state index in [1.165, 1.54) is 5.56 Å². The van der Waals surface area contributed by atoms with Crippen molar-refractivity contribution in [2.75, 3.05) is 6.79 Å². The Kier molecular flexibility index (Phi) is 5.45. The third-order valence-electron chi connectivity index (χ3n) is 5.31. The Morgan fingerprint density at radius 3 is 2.19 bits per heavy atom. The first-order valence-corrected chi connectivity index (χ1v) is 9.18. The van der Waals surface area contributed by atoms with Crippen molar-refractivity contribution in [2.45, 2.75) is 51.5 Å². The maximum atomic E-state index is 11.7. The molecule has 0 fully saturated rings. The molecule has 0 radical (unpaired) electrons. The minimum Gasteiger partial charge on any atom is -0.454 e. The molecule has 3 unspecified atom stereocenters. The lowest BCUT2D eigenvalue weighted by molar-refractivity contribution is -0.525. The van der Waals surface area contributed by atoms with E-state index in [0.717, 1.165) is 17.5 Å². The van der Waals surface area contributed by atoms with Gasteiger partial charge in [0.15, 0.2) is 11.5 Å². The molecule has 5 nitrogen and oxygen atoms in total. The molecule has 138 valence electrons. The Hall–Kier alpha value is -2.56. The molecule has 1 aliphatic rings. The molecular formula is C21H25NO4. The normalized spacial score (nSPS) is 16.1. The minimum absolute atomic E-state index is 0.169. The van der Waals surface area contributed by atoms with Crippen LogP contribution in [-0.2, 0) is 0 Å². The topological polar surface area (TPSA) is 61.6 Å². The Labute approximate surface area is 154 Å². The lowest BCUT2D eigenvalue weighted by Gasteiger charge is -2.22. The highest BCUT2D eigenvalue weighted by Crippen LogP contribution is 2.39. The van der Waals surface area contributed by atoms with Gasteiger partial charge in [-0.05, 0) is 41.2 Å². The van der Waals surface area contributed by atoms with Crippen LogP contribution in [0.1, 0.15) is 62.1 Å². The third kappa shape index (κ3) is 3.52. The van der Waals surface area contributed by atoms with E-state index in [1.807, 2.05) is 37.3 Å². The van der Waals surface area contributed by atoms with Gasteiger partial charge in [-0.1, -0.05) is 51.1 Å². The van der Waals surface area contributed by atoms with Gasteiger partial charge in [-0.3, -0.25) is 10.1 Å². The van der Waals surface area contributed by atoms with Crippen molar-refractivity contribution in [2.24, 2.45) is 0 Å². The Morgan fingerprint density at radius 2 is 1.58 bits per heavy atom. The molecule has 0 amide bonds. The highest BCUT2D eigenvalue weighted by Gasteiger charge is 2.33. The highest BCUT2D eigenvalue weighted by atomic mass is 16.7. The zero-order valence-electron chi connectivity index (χ0n) is 15.5. The van der Waals surface area contributed by atoms with E-state index in [9.17, 15) is 10.1 Å². The summed E-state index contributed by atoms with van der Waals surface area (Å²) in [5.41, 5.74) is 3.10. The summed E-state index contributed by atoms with van der Waals surface area (Å²) in [5.74, 6) is 1.50. The summed E-state index contributed by atoms with van der Waals surface area (Å²) in [5, 5.41) is 11.7. The molecule has 1 heterocycles. The first kappa shape index (κ1) is 18.2. The van der Waals surface area contributed by atoms with E-state index in [2.05, 4.69) is 26.0 Å². The van der Waals surface area contributed by atoms with Crippen molar-refractivity contribution in [1.29, 1.82) is 0 Å². The van der Waals surface area contributed by atoms with Gasteiger partial charge in [0.2, 0.25) is 12.8 Å². The Balaban J connectivity index is 2.02. The van der Waals surface area contributed by atoms with Gasteiger partial charge >= 0.3 is 0 Å². The fourth-order valence-electron chi connectivity index (χ4n) is 3.52. The zero-order chi connectivity index (χ0) is 18.7. The third-order valence-corrected chi connectivity index (χ3v) is 5.31. The molecule has 2 aromatic rings. The smallest absolute Gasteiger partial charge is 0.231 e.